The molecule has 0 aromatic heterocycles. The zero-order valence-corrected chi connectivity index (χ0v) is 13.2. The highest BCUT2D eigenvalue weighted by Crippen LogP contribution is 2.37. The summed E-state index contributed by atoms with van der Waals surface area (Å²) in [7, 11) is 1.70. The summed E-state index contributed by atoms with van der Waals surface area (Å²) in [6, 6.07) is 0. The van der Waals surface area contributed by atoms with Gasteiger partial charge in [-0.2, -0.15) is 0 Å². The van der Waals surface area contributed by atoms with Gasteiger partial charge in [0.25, 0.3) is 0 Å². The van der Waals surface area contributed by atoms with E-state index in [1.165, 1.54) is 30.6 Å². The summed E-state index contributed by atoms with van der Waals surface area (Å²) < 4.78 is 0. The topological polar surface area (TPSA) is 40.6 Å². The van der Waals surface area contributed by atoms with Crippen molar-refractivity contribution in [1.29, 1.82) is 0 Å². The Morgan fingerprint density at radius 3 is 2.26 bits per heavy atom. The van der Waals surface area contributed by atoms with E-state index in [9.17, 15) is 9.59 Å². The molecular formula is C14H23BrN2O2. The van der Waals surface area contributed by atoms with Crippen LogP contribution in [-0.2, 0) is 9.59 Å². The van der Waals surface area contributed by atoms with Crippen LogP contribution in [0.4, 0.5) is 0 Å². The van der Waals surface area contributed by atoms with Crippen molar-refractivity contribution in [2.24, 2.45) is 5.41 Å². The Balaban J connectivity index is 2.05. The second-order valence-corrected chi connectivity index (χ2v) is 6.56. The van der Waals surface area contributed by atoms with Crippen molar-refractivity contribution >= 4 is 27.7 Å². The summed E-state index contributed by atoms with van der Waals surface area (Å²) in [5.41, 5.74) is 0.169. The van der Waals surface area contributed by atoms with Crippen LogP contribution in [0.25, 0.3) is 0 Å². The number of hydrogen-bond donors (Lipinski definition) is 0. The first-order chi connectivity index (χ1) is 9.08. The Morgan fingerprint density at radius 1 is 1.05 bits per heavy atom. The zero-order valence-electron chi connectivity index (χ0n) is 11.7. The van der Waals surface area contributed by atoms with Crippen molar-refractivity contribution in [1.82, 2.24) is 9.80 Å². The van der Waals surface area contributed by atoms with E-state index < -0.39 is 0 Å². The Bertz CT molecular complexity index is 351. The van der Waals surface area contributed by atoms with Gasteiger partial charge in [-0.15, -0.1) is 0 Å². The summed E-state index contributed by atoms with van der Waals surface area (Å²) in [4.78, 5) is 27.1. The monoisotopic (exact) mass is 330 g/mol. The predicted molar refractivity (Wildman–Crippen MR) is 78.1 cm³/mol. The van der Waals surface area contributed by atoms with Crippen LogP contribution < -0.4 is 0 Å². The molecule has 0 N–H and O–H groups in total. The van der Waals surface area contributed by atoms with E-state index in [0.717, 1.165) is 24.7 Å². The van der Waals surface area contributed by atoms with E-state index in [-0.39, 0.29) is 17.2 Å². The van der Waals surface area contributed by atoms with E-state index in [0.29, 0.717) is 13.1 Å². The molecule has 0 spiro atoms. The first-order valence-electron chi connectivity index (χ1n) is 7.18. The van der Waals surface area contributed by atoms with Crippen LogP contribution >= 0.6 is 15.9 Å². The SMILES string of the molecule is CN1CCN(CC2(CBr)CCCCCC2)C(=O)C1=O. The molecule has 0 radical (unpaired) electrons. The number of carbonyl (C=O) groups is 2. The normalized spacial score (nSPS) is 24.5. The Kier molecular flexibility index (Phi) is 4.87. The number of nitrogens with zero attached hydrogens (tertiary/aromatic N) is 2. The number of halogens is 1. The molecule has 5 heteroatoms. The quantitative estimate of drug-likeness (QED) is 0.451. The summed E-state index contributed by atoms with van der Waals surface area (Å²) >= 11 is 3.64. The maximum atomic E-state index is 12.1. The Labute approximate surface area is 123 Å². The number of carbonyl (C=O) groups excluding carboxylic acids is 2. The minimum absolute atomic E-state index is 0.169. The lowest BCUT2D eigenvalue weighted by molar-refractivity contribution is -0.156. The molecule has 0 bridgehead atoms. The van der Waals surface area contributed by atoms with Crippen LogP contribution in [0.2, 0.25) is 0 Å². The summed E-state index contributed by atoms with van der Waals surface area (Å²) in [6.07, 6.45) is 7.38. The maximum Gasteiger partial charge on any atom is 0.312 e. The smallest absolute Gasteiger partial charge is 0.312 e. The summed E-state index contributed by atoms with van der Waals surface area (Å²) in [6.45, 7) is 2.06. The van der Waals surface area contributed by atoms with Crippen molar-refractivity contribution < 1.29 is 9.59 Å². The number of amides is 2. The fraction of sp³-hybridized carbons (Fsp3) is 0.857. The molecule has 0 aromatic rings. The van der Waals surface area contributed by atoms with E-state index in [2.05, 4.69) is 15.9 Å². The van der Waals surface area contributed by atoms with Crippen molar-refractivity contribution in [2.45, 2.75) is 38.5 Å². The van der Waals surface area contributed by atoms with Crippen LogP contribution in [0.15, 0.2) is 0 Å². The van der Waals surface area contributed by atoms with Gasteiger partial charge in [-0.25, -0.2) is 0 Å². The molecule has 19 heavy (non-hydrogen) atoms. The number of hydrogen-bond acceptors (Lipinski definition) is 2. The lowest BCUT2D eigenvalue weighted by Gasteiger charge is -2.39. The van der Waals surface area contributed by atoms with Crippen LogP contribution in [0.1, 0.15) is 38.5 Å². The van der Waals surface area contributed by atoms with Crippen molar-refractivity contribution in [3.05, 3.63) is 0 Å². The molecule has 0 atom stereocenters. The maximum absolute atomic E-state index is 12.1. The fourth-order valence-corrected chi connectivity index (χ4v) is 3.88. The number of likely N-dealkylation sites (N-methyl/N-ethyl adjacent to an activating group) is 1. The van der Waals surface area contributed by atoms with Crippen molar-refractivity contribution in [2.75, 3.05) is 32.0 Å². The van der Waals surface area contributed by atoms with Gasteiger partial charge in [0.15, 0.2) is 0 Å². The summed E-state index contributed by atoms with van der Waals surface area (Å²) in [5.74, 6) is -0.678. The molecule has 1 saturated carbocycles. The molecule has 2 aliphatic rings. The lowest BCUT2D eigenvalue weighted by Crippen LogP contribution is -2.55. The standard InChI is InChI=1S/C14H23BrN2O2/c1-16-8-9-17(13(19)12(16)18)11-14(10-15)6-4-2-3-5-7-14/h2-11H2,1H3. The highest BCUT2D eigenvalue weighted by Gasteiger charge is 2.37. The first-order valence-corrected chi connectivity index (χ1v) is 8.30. The highest BCUT2D eigenvalue weighted by molar-refractivity contribution is 9.09. The largest absolute Gasteiger partial charge is 0.336 e. The number of alkyl halides is 1. The van der Waals surface area contributed by atoms with Gasteiger partial charge in [0.05, 0.1) is 0 Å². The van der Waals surface area contributed by atoms with Gasteiger partial charge in [-0.05, 0) is 18.3 Å². The molecule has 2 amide bonds. The highest BCUT2D eigenvalue weighted by atomic mass is 79.9. The third-order valence-electron chi connectivity index (χ3n) is 4.50. The Hall–Kier alpha value is -0.580. The van der Waals surface area contributed by atoms with Gasteiger partial charge < -0.3 is 9.80 Å². The third-order valence-corrected chi connectivity index (χ3v) is 5.69. The fourth-order valence-electron chi connectivity index (χ4n) is 3.14. The molecule has 4 nitrogen and oxygen atoms in total. The molecule has 1 saturated heterocycles. The van der Waals surface area contributed by atoms with Crippen LogP contribution in [0, 0.1) is 5.41 Å². The molecule has 2 fully saturated rings. The van der Waals surface area contributed by atoms with Gasteiger partial charge in [-0.1, -0.05) is 41.6 Å². The molecule has 0 aromatic carbocycles. The van der Waals surface area contributed by atoms with Crippen molar-refractivity contribution in [3.8, 4) is 0 Å². The van der Waals surface area contributed by atoms with Crippen LogP contribution in [-0.4, -0.2) is 53.6 Å². The lowest BCUT2D eigenvalue weighted by atomic mass is 9.81. The molecule has 1 heterocycles. The molecular weight excluding hydrogens is 308 g/mol. The second kappa shape index (κ2) is 6.25. The zero-order chi connectivity index (χ0) is 13.9. The minimum atomic E-state index is -0.357. The van der Waals surface area contributed by atoms with E-state index in [1.807, 2.05) is 0 Å². The molecule has 1 aliphatic carbocycles. The van der Waals surface area contributed by atoms with E-state index in [1.54, 1.807) is 11.9 Å². The molecule has 2 rings (SSSR count). The van der Waals surface area contributed by atoms with Gasteiger partial charge in [-0.3, -0.25) is 9.59 Å². The second-order valence-electron chi connectivity index (χ2n) is 6.00. The number of piperazine rings is 1. The van der Waals surface area contributed by atoms with Gasteiger partial charge in [0.1, 0.15) is 0 Å². The first kappa shape index (κ1) is 14.8. The molecule has 0 unspecified atom stereocenters. The van der Waals surface area contributed by atoms with E-state index >= 15 is 0 Å². The van der Waals surface area contributed by atoms with E-state index in [4.69, 9.17) is 0 Å². The minimum Gasteiger partial charge on any atom is -0.336 e. The number of rotatable bonds is 3. The van der Waals surface area contributed by atoms with Gasteiger partial charge in [0.2, 0.25) is 0 Å². The van der Waals surface area contributed by atoms with Gasteiger partial charge >= 0.3 is 11.8 Å². The van der Waals surface area contributed by atoms with Crippen LogP contribution in [0.5, 0.6) is 0 Å². The molecule has 108 valence electrons. The Morgan fingerprint density at radius 2 is 1.68 bits per heavy atom. The average Bonchev–Trinajstić information content (AvgIpc) is 2.66. The molecule has 1 aliphatic heterocycles. The predicted octanol–water partition coefficient (Wildman–Crippen LogP) is 2.02. The van der Waals surface area contributed by atoms with Crippen LogP contribution in [0.3, 0.4) is 0 Å². The summed E-state index contributed by atoms with van der Waals surface area (Å²) in [5, 5.41) is 0.924. The van der Waals surface area contributed by atoms with Crippen molar-refractivity contribution in [3.63, 3.8) is 0 Å². The van der Waals surface area contributed by atoms with Gasteiger partial charge in [0, 0.05) is 32.0 Å². The third kappa shape index (κ3) is 3.30. The average molecular weight is 331 g/mol.